The Kier molecular flexibility index (Phi) is 4.59. The van der Waals surface area contributed by atoms with Crippen LogP contribution in [0.4, 0.5) is 0 Å². The second-order valence-electron chi connectivity index (χ2n) is 7.61. The summed E-state index contributed by atoms with van der Waals surface area (Å²) in [7, 11) is 0. The molecule has 1 aliphatic rings. The molecule has 0 bridgehead atoms. The summed E-state index contributed by atoms with van der Waals surface area (Å²) >= 11 is 0. The van der Waals surface area contributed by atoms with Crippen LogP contribution in [0.5, 0.6) is 0 Å². The summed E-state index contributed by atoms with van der Waals surface area (Å²) in [6, 6.07) is 8.80. The molecule has 1 nitrogen and oxygen atoms in total. The maximum atomic E-state index is 11.2. The van der Waals surface area contributed by atoms with Gasteiger partial charge in [-0.1, -0.05) is 64.8 Å². The number of hydrogen-bond donors (Lipinski definition) is 1. The van der Waals surface area contributed by atoms with Crippen LogP contribution in [-0.2, 0) is 12.8 Å². The molecule has 0 saturated heterocycles. The number of aliphatic hydroxyl groups is 1. The molecular weight excluding hydrogens is 244 g/mol. The van der Waals surface area contributed by atoms with Gasteiger partial charge in [-0.25, -0.2) is 0 Å². The van der Waals surface area contributed by atoms with Crippen LogP contribution in [-0.4, -0.2) is 10.7 Å². The summed E-state index contributed by atoms with van der Waals surface area (Å²) < 4.78 is 0. The van der Waals surface area contributed by atoms with E-state index in [4.69, 9.17) is 0 Å². The van der Waals surface area contributed by atoms with Crippen molar-refractivity contribution in [1.82, 2.24) is 0 Å². The Bertz CT molecular complexity index is 426. The smallest absolute Gasteiger partial charge is 0.0720 e. The molecule has 0 heterocycles. The molecule has 0 amide bonds. The van der Waals surface area contributed by atoms with Crippen LogP contribution in [0.3, 0.4) is 0 Å². The topological polar surface area (TPSA) is 20.2 Å². The number of aryl methyl sites for hydroxylation is 1. The Morgan fingerprint density at radius 1 is 1.10 bits per heavy atom. The summed E-state index contributed by atoms with van der Waals surface area (Å²) in [6.45, 7) is 9.00. The third kappa shape index (κ3) is 3.44. The van der Waals surface area contributed by atoms with Gasteiger partial charge >= 0.3 is 0 Å². The molecule has 1 saturated carbocycles. The Balaban J connectivity index is 2.18. The van der Waals surface area contributed by atoms with Gasteiger partial charge in [-0.3, -0.25) is 0 Å². The maximum Gasteiger partial charge on any atom is 0.0720 e. The van der Waals surface area contributed by atoms with Crippen molar-refractivity contribution in [2.45, 2.75) is 71.8 Å². The molecule has 1 N–H and O–H groups in total. The van der Waals surface area contributed by atoms with Gasteiger partial charge < -0.3 is 5.11 Å². The highest BCUT2D eigenvalue weighted by Gasteiger charge is 2.44. The van der Waals surface area contributed by atoms with Gasteiger partial charge in [-0.15, -0.1) is 0 Å². The van der Waals surface area contributed by atoms with Crippen molar-refractivity contribution in [3.8, 4) is 0 Å². The summed E-state index contributed by atoms with van der Waals surface area (Å²) in [5, 5.41) is 11.2. The lowest BCUT2D eigenvalue weighted by molar-refractivity contribution is -0.0889. The monoisotopic (exact) mass is 274 g/mol. The molecule has 2 unspecified atom stereocenters. The van der Waals surface area contributed by atoms with Gasteiger partial charge in [0.05, 0.1) is 5.60 Å². The normalized spacial score (nSPS) is 27.6. The van der Waals surface area contributed by atoms with E-state index in [0.717, 1.165) is 32.1 Å². The summed E-state index contributed by atoms with van der Waals surface area (Å²) in [5.41, 5.74) is 2.31. The predicted molar refractivity (Wildman–Crippen MR) is 85.9 cm³/mol. The van der Waals surface area contributed by atoms with Crippen molar-refractivity contribution in [2.24, 2.45) is 11.3 Å². The molecule has 1 aliphatic carbocycles. The number of hydrogen-bond acceptors (Lipinski definition) is 1. The van der Waals surface area contributed by atoms with Crippen LogP contribution < -0.4 is 0 Å². The van der Waals surface area contributed by atoms with Crippen molar-refractivity contribution >= 4 is 0 Å². The first-order valence-corrected chi connectivity index (χ1v) is 8.15. The molecule has 2 atom stereocenters. The second kappa shape index (κ2) is 5.89. The highest BCUT2D eigenvalue weighted by molar-refractivity contribution is 5.24. The van der Waals surface area contributed by atoms with Crippen LogP contribution in [0.1, 0.15) is 64.5 Å². The second-order valence-corrected chi connectivity index (χ2v) is 7.61. The van der Waals surface area contributed by atoms with Crippen molar-refractivity contribution < 1.29 is 5.11 Å². The fourth-order valence-electron chi connectivity index (χ4n) is 3.92. The standard InChI is InChI=1S/C19H30O/c1-5-15-9-11-16(12-10-15)14-19(20)13-7-6-8-17(19)18(2,3)4/h9-12,17,20H,5-8,13-14H2,1-4H3. The first kappa shape index (κ1) is 15.6. The largest absolute Gasteiger partial charge is 0.389 e. The first-order chi connectivity index (χ1) is 9.35. The molecular formula is C19H30O. The van der Waals surface area contributed by atoms with Gasteiger partial charge in [0.1, 0.15) is 0 Å². The van der Waals surface area contributed by atoms with Crippen LogP contribution in [0.15, 0.2) is 24.3 Å². The lowest BCUT2D eigenvalue weighted by atomic mass is 9.62. The minimum Gasteiger partial charge on any atom is -0.389 e. The van der Waals surface area contributed by atoms with E-state index in [9.17, 15) is 5.11 Å². The van der Waals surface area contributed by atoms with E-state index in [1.54, 1.807) is 0 Å². The average Bonchev–Trinajstić information content (AvgIpc) is 2.38. The van der Waals surface area contributed by atoms with Gasteiger partial charge in [0.2, 0.25) is 0 Å². The molecule has 1 aromatic rings. The Morgan fingerprint density at radius 3 is 2.25 bits per heavy atom. The van der Waals surface area contributed by atoms with E-state index in [2.05, 4.69) is 52.0 Å². The van der Waals surface area contributed by atoms with Crippen LogP contribution in [0.2, 0.25) is 0 Å². The maximum absolute atomic E-state index is 11.2. The van der Waals surface area contributed by atoms with E-state index >= 15 is 0 Å². The van der Waals surface area contributed by atoms with E-state index in [1.165, 1.54) is 17.5 Å². The van der Waals surface area contributed by atoms with Gasteiger partial charge in [-0.2, -0.15) is 0 Å². The SMILES string of the molecule is CCc1ccc(CC2(O)CCCCC2C(C)(C)C)cc1. The van der Waals surface area contributed by atoms with Gasteiger partial charge in [0, 0.05) is 6.42 Å². The zero-order valence-electron chi connectivity index (χ0n) is 13.6. The van der Waals surface area contributed by atoms with Crippen LogP contribution in [0, 0.1) is 11.3 Å². The molecule has 0 aliphatic heterocycles. The molecule has 1 aromatic carbocycles. The van der Waals surface area contributed by atoms with E-state index < -0.39 is 5.60 Å². The number of benzene rings is 1. The van der Waals surface area contributed by atoms with E-state index in [1.807, 2.05) is 0 Å². The summed E-state index contributed by atoms with van der Waals surface area (Å²) in [6.07, 6.45) is 6.42. The lowest BCUT2D eigenvalue weighted by Crippen LogP contribution is -2.48. The minimum atomic E-state index is -0.524. The highest BCUT2D eigenvalue weighted by atomic mass is 16.3. The molecule has 0 aromatic heterocycles. The Labute approximate surface area is 124 Å². The zero-order valence-corrected chi connectivity index (χ0v) is 13.6. The molecule has 20 heavy (non-hydrogen) atoms. The molecule has 0 spiro atoms. The van der Waals surface area contributed by atoms with Gasteiger partial charge in [-0.05, 0) is 41.7 Å². The van der Waals surface area contributed by atoms with Crippen LogP contribution >= 0.6 is 0 Å². The molecule has 0 radical (unpaired) electrons. The van der Waals surface area contributed by atoms with E-state index in [0.29, 0.717) is 5.92 Å². The quantitative estimate of drug-likeness (QED) is 0.842. The Morgan fingerprint density at radius 2 is 1.70 bits per heavy atom. The highest BCUT2D eigenvalue weighted by Crippen LogP contribution is 2.45. The van der Waals surface area contributed by atoms with Crippen molar-refractivity contribution in [1.29, 1.82) is 0 Å². The fourth-order valence-corrected chi connectivity index (χ4v) is 3.92. The van der Waals surface area contributed by atoms with Crippen molar-refractivity contribution in [2.75, 3.05) is 0 Å². The molecule has 1 heteroatoms. The van der Waals surface area contributed by atoms with Crippen molar-refractivity contribution in [3.63, 3.8) is 0 Å². The van der Waals surface area contributed by atoms with Crippen LogP contribution in [0.25, 0.3) is 0 Å². The zero-order chi connectivity index (χ0) is 14.8. The summed E-state index contributed by atoms with van der Waals surface area (Å²) in [5.74, 6) is 0.398. The third-order valence-electron chi connectivity index (χ3n) is 4.99. The fraction of sp³-hybridized carbons (Fsp3) is 0.684. The predicted octanol–water partition coefficient (Wildman–Crippen LogP) is 4.76. The number of rotatable bonds is 3. The average molecular weight is 274 g/mol. The molecule has 2 rings (SSSR count). The van der Waals surface area contributed by atoms with E-state index in [-0.39, 0.29) is 5.41 Å². The molecule has 112 valence electrons. The lowest BCUT2D eigenvalue weighted by Gasteiger charge is -2.47. The van der Waals surface area contributed by atoms with Gasteiger partial charge in [0.15, 0.2) is 0 Å². The molecule has 1 fully saturated rings. The minimum absolute atomic E-state index is 0.179. The van der Waals surface area contributed by atoms with Gasteiger partial charge in [0.25, 0.3) is 0 Å². The third-order valence-corrected chi connectivity index (χ3v) is 4.99. The van der Waals surface area contributed by atoms with Crippen molar-refractivity contribution in [3.05, 3.63) is 35.4 Å². The first-order valence-electron chi connectivity index (χ1n) is 8.15. The Hall–Kier alpha value is -0.820. The summed E-state index contributed by atoms with van der Waals surface area (Å²) in [4.78, 5) is 0.